The number of carbonyl (C=O) groups excluding carboxylic acids is 2. The topological polar surface area (TPSA) is 195 Å². The highest BCUT2D eigenvalue weighted by Gasteiger charge is 2.32. The summed E-state index contributed by atoms with van der Waals surface area (Å²) in [5, 5.41) is 17.6. The first-order valence-electron chi connectivity index (χ1n) is 18.3. The van der Waals surface area contributed by atoms with E-state index in [-0.39, 0.29) is 41.1 Å². The van der Waals surface area contributed by atoms with E-state index in [2.05, 4.69) is 40.4 Å². The molecule has 7 rings (SSSR count). The van der Waals surface area contributed by atoms with Crippen LogP contribution in [0.2, 0.25) is 0 Å². The van der Waals surface area contributed by atoms with Crippen LogP contribution in [0.3, 0.4) is 0 Å². The van der Waals surface area contributed by atoms with Gasteiger partial charge in [0.1, 0.15) is 28.8 Å². The van der Waals surface area contributed by atoms with Crippen LogP contribution in [0.1, 0.15) is 61.5 Å². The molecule has 3 aromatic carbocycles. The van der Waals surface area contributed by atoms with Crippen LogP contribution in [0.25, 0.3) is 17.3 Å². The first-order chi connectivity index (χ1) is 29.4. The summed E-state index contributed by atoms with van der Waals surface area (Å²) in [5.74, 6) is 0.370. The van der Waals surface area contributed by atoms with E-state index in [9.17, 15) is 35.9 Å². The second-order valence-corrected chi connectivity index (χ2v) is 13.1. The zero-order valence-corrected chi connectivity index (χ0v) is 33.0. The highest BCUT2D eigenvalue weighted by atomic mass is 19.4. The van der Waals surface area contributed by atoms with Gasteiger partial charge in [0.15, 0.2) is 0 Å². The maximum absolute atomic E-state index is 12.8. The van der Waals surface area contributed by atoms with E-state index < -0.39 is 35.7 Å². The van der Waals surface area contributed by atoms with Gasteiger partial charge in [-0.3, -0.25) is 15.0 Å². The van der Waals surface area contributed by atoms with Crippen molar-refractivity contribution in [3.05, 3.63) is 136 Å². The highest BCUT2D eigenvalue weighted by molar-refractivity contribution is 6.04. The maximum atomic E-state index is 12.8. The minimum absolute atomic E-state index is 0.0198. The fourth-order valence-corrected chi connectivity index (χ4v) is 5.70. The molecule has 0 aliphatic heterocycles. The lowest BCUT2D eigenvalue weighted by Crippen LogP contribution is -2.23. The van der Waals surface area contributed by atoms with E-state index >= 15 is 0 Å². The van der Waals surface area contributed by atoms with Gasteiger partial charge >= 0.3 is 12.5 Å². The van der Waals surface area contributed by atoms with Gasteiger partial charge in [0.2, 0.25) is 17.5 Å². The first-order valence-corrected chi connectivity index (χ1v) is 18.3. The number of carbonyl (C=O) groups is 2. The lowest BCUT2D eigenvalue weighted by Gasteiger charge is -2.14. The van der Waals surface area contributed by atoms with E-state index in [0.29, 0.717) is 51.9 Å². The van der Waals surface area contributed by atoms with E-state index in [4.69, 9.17) is 19.3 Å². The average Bonchev–Trinajstić information content (AvgIpc) is 3.96. The Labute approximate surface area is 347 Å². The van der Waals surface area contributed by atoms with Crippen LogP contribution in [0.5, 0.6) is 17.4 Å². The van der Waals surface area contributed by atoms with Crippen molar-refractivity contribution >= 4 is 29.1 Å². The number of fused-ring (bicyclic) bond motifs is 1. The predicted molar refractivity (Wildman–Crippen MR) is 210 cm³/mol. The molecule has 0 saturated heterocycles. The largest absolute Gasteiger partial charge is 0.573 e. The number of methoxy groups -OCH3 is 1. The molecule has 21 heteroatoms. The predicted octanol–water partition coefficient (Wildman–Crippen LogP) is 8.49. The summed E-state index contributed by atoms with van der Waals surface area (Å²) >= 11 is 0. The number of pyridine rings is 1. The van der Waals surface area contributed by atoms with Gasteiger partial charge in [-0.1, -0.05) is 25.1 Å². The quantitative estimate of drug-likeness (QED) is 0.0557. The molecule has 0 fully saturated rings. The van der Waals surface area contributed by atoms with Crippen molar-refractivity contribution in [2.24, 2.45) is 0 Å². The fourth-order valence-electron chi connectivity index (χ4n) is 5.70. The summed E-state index contributed by atoms with van der Waals surface area (Å²) < 4.78 is 98.2. The SMILES string of the molecule is CCc1ccc(C(=O)Nc2ccc(-c3nn4c(C)ncc4o3)nc2)cc1OC(F)(F)F.COc1cc(C(=O)NCc2cccc(C(F)(F)F)c2)ccc1C(=N)Oc1cnc(C)[nH]1. The number of amides is 2. The number of aromatic amines is 1. The molecular weight excluding hydrogens is 828 g/mol. The number of nitrogens with one attached hydrogen (secondary N) is 4. The number of ether oxygens (including phenoxy) is 3. The number of H-pyrrole nitrogens is 1. The third-order valence-corrected chi connectivity index (χ3v) is 8.75. The van der Waals surface area contributed by atoms with Gasteiger partial charge in [0, 0.05) is 17.7 Å². The number of imidazole rings is 2. The monoisotopic (exact) mass is 863 g/mol. The Balaban J connectivity index is 0.000000207. The van der Waals surface area contributed by atoms with Gasteiger partial charge in [-0.15, -0.1) is 18.3 Å². The van der Waals surface area contributed by atoms with Gasteiger partial charge in [-0.05, 0) is 86.0 Å². The number of rotatable bonds is 11. The standard InChI is InChI=1S/C21H19F3N4O3.C20H16F3N5O3/c1-12-26-11-18(28-12)31-19(25)16-7-6-14(9-17(16)30-2)20(29)27-10-13-4-3-5-15(8-13)21(22,23)24;1-3-12-4-5-13(8-16(12)31-20(21,22)23)18(29)26-14-6-7-15(25-9-14)19-27-28-11(2)24-10-17(28)30-19/h3-9,11,25H,10H2,1-2H3,(H,26,28)(H,27,29);4-10H,3H2,1-2H3,(H,26,29). The molecule has 15 nitrogen and oxygen atoms in total. The van der Waals surface area contributed by atoms with Crippen LogP contribution >= 0.6 is 0 Å². The minimum atomic E-state index is -4.85. The van der Waals surface area contributed by atoms with Crippen LogP contribution in [-0.4, -0.2) is 60.7 Å². The van der Waals surface area contributed by atoms with E-state index in [1.165, 1.54) is 66.5 Å². The Bertz CT molecular complexity index is 2720. The van der Waals surface area contributed by atoms with Crippen LogP contribution in [-0.2, 0) is 19.1 Å². The van der Waals surface area contributed by atoms with Crippen LogP contribution in [0, 0.1) is 19.3 Å². The van der Waals surface area contributed by atoms with Crippen molar-refractivity contribution in [2.45, 2.75) is 46.3 Å². The summed E-state index contributed by atoms with van der Waals surface area (Å²) in [6.45, 7) is 5.14. The third kappa shape index (κ3) is 10.9. The summed E-state index contributed by atoms with van der Waals surface area (Å²) in [4.78, 5) is 40.1. The lowest BCUT2D eigenvalue weighted by atomic mass is 10.1. The molecule has 0 saturated carbocycles. The van der Waals surface area contributed by atoms with Crippen LogP contribution in [0.15, 0.2) is 95.8 Å². The smallest absolute Gasteiger partial charge is 0.496 e. The minimum Gasteiger partial charge on any atom is -0.496 e. The number of anilines is 1. The maximum Gasteiger partial charge on any atom is 0.573 e. The van der Waals surface area contributed by atoms with Gasteiger partial charge in [0.05, 0.1) is 42.5 Å². The molecule has 4 heterocycles. The van der Waals surface area contributed by atoms with Crippen molar-refractivity contribution in [1.82, 2.24) is 34.9 Å². The molecule has 4 N–H and O–H groups in total. The lowest BCUT2D eigenvalue weighted by molar-refractivity contribution is -0.274. The average molecular weight is 864 g/mol. The molecule has 0 aliphatic carbocycles. The van der Waals surface area contributed by atoms with Crippen molar-refractivity contribution in [3.8, 4) is 29.0 Å². The summed E-state index contributed by atoms with van der Waals surface area (Å²) in [7, 11) is 1.39. The molecule has 0 bridgehead atoms. The molecular formula is C41H35F6N9O6. The van der Waals surface area contributed by atoms with Gasteiger partial charge in [-0.2, -0.15) is 17.7 Å². The Hall–Kier alpha value is -7.71. The number of alkyl halides is 6. The van der Waals surface area contributed by atoms with E-state index in [1.54, 1.807) is 39.1 Å². The van der Waals surface area contributed by atoms with Gasteiger partial charge in [-0.25, -0.2) is 15.0 Å². The Morgan fingerprint density at radius 3 is 2.26 bits per heavy atom. The fraction of sp³-hybridized carbons (Fsp3) is 0.195. The van der Waals surface area contributed by atoms with Crippen LogP contribution in [0.4, 0.5) is 32.0 Å². The number of nitrogens with zero attached hydrogens (tertiary/aromatic N) is 5. The Morgan fingerprint density at radius 1 is 0.871 bits per heavy atom. The normalized spacial score (nSPS) is 11.4. The number of hydrogen-bond donors (Lipinski definition) is 4. The first kappa shape index (κ1) is 43.9. The number of halogens is 6. The number of aryl methyl sites for hydroxylation is 3. The molecule has 0 spiro atoms. The van der Waals surface area contributed by atoms with Crippen molar-refractivity contribution < 1.29 is 54.6 Å². The molecule has 62 heavy (non-hydrogen) atoms. The Kier molecular flexibility index (Phi) is 12.9. The molecule has 0 aliphatic rings. The summed E-state index contributed by atoms with van der Waals surface area (Å²) in [6.07, 6.45) is -4.60. The molecule has 2 amide bonds. The van der Waals surface area contributed by atoms with Gasteiger partial charge < -0.3 is 34.2 Å². The molecule has 322 valence electrons. The second-order valence-electron chi connectivity index (χ2n) is 13.1. The summed E-state index contributed by atoms with van der Waals surface area (Å²) in [5.41, 5.74) is 1.69. The second kappa shape index (κ2) is 18.3. The number of benzene rings is 3. The van der Waals surface area contributed by atoms with Gasteiger partial charge in [0.25, 0.3) is 17.7 Å². The molecule has 0 atom stereocenters. The molecule has 4 aromatic heterocycles. The van der Waals surface area contributed by atoms with E-state index in [0.717, 1.165) is 18.2 Å². The number of aromatic nitrogens is 6. The Morgan fingerprint density at radius 2 is 1.61 bits per heavy atom. The van der Waals surface area contributed by atoms with E-state index in [1.807, 2.05) is 0 Å². The molecule has 0 unspecified atom stereocenters. The molecule has 0 radical (unpaired) electrons. The van der Waals surface area contributed by atoms with Crippen LogP contribution < -0.4 is 24.8 Å². The molecule has 7 aromatic rings. The number of hydrogen-bond acceptors (Lipinski definition) is 11. The highest BCUT2D eigenvalue weighted by Crippen LogP contribution is 2.31. The zero-order chi connectivity index (χ0) is 44.8. The zero-order valence-electron chi connectivity index (χ0n) is 33.0. The van der Waals surface area contributed by atoms with Crippen molar-refractivity contribution in [3.63, 3.8) is 0 Å². The third-order valence-electron chi connectivity index (χ3n) is 8.75. The van der Waals surface area contributed by atoms with Crippen molar-refractivity contribution in [1.29, 1.82) is 5.41 Å². The van der Waals surface area contributed by atoms with Crippen molar-refractivity contribution in [2.75, 3.05) is 12.4 Å². The summed E-state index contributed by atoms with van der Waals surface area (Å²) in [6, 6.07) is 16.2.